The van der Waals surface area contributed by atoms with E-state index >= 15 is 0 Å². The molecule has 0 bridgehead atoms. The molecule has 0 spiro atoms. The lowest BCUT2D eigenvalue weighted by atomic mass is 10.0. The van der Waals surface area contributed by atoms with Crippen molar-refractivity contribution in [2.45, 2.75) is 0 Å². The second kappa shape index (κ2) is 7.65. The summed E-state index contributed by atoms with van der Waals surface area (Å²) in [7, 11) is 0. The van der Waals surface area contributed by atoms with E-state index in [4.69, 9.17) is 17.0 Å². The number of esters is 1. The molecule has 2 aromatic carbocycles. The van der Waals surface area contributed by atoms with Gasteiger partial charge >= 0.3 is 5.97 Å². The number of fused-ring (bicyclic) bond motifs is 1. The Morgan fingerprint density at radius 2 is 1.77 bits per heavy atom. The SMILES string of the molecule is O=C1Oc2ccccc2C(=O)/C1=C/N1C(=O)/C(=C\c2ccc([N+](=O)[O-])cc2)SC1=S. The third-order valence-electron chi connectivity index (χ3n) is 4.28. The van der Waals surface area contributed by atoms with Gasteiger partial charge in [-0.05, 0) is 35.9 Å². The van der Waals surface area contributed by atoms with E-state index in [2.05, 4.69) is 0 Å². The second-order valence-corrected chi connectivity index (χ2v) is 7.83. The van der Waals surface area contributed by atoms with Gasteiger partial charge in [0.2, 0.25) is 5.78 Å². The number of hydrogen-bond acceptors (Lipinski definition) is 8. The van der Waals surface area contributed by atoms with E-state index < -0.39 is 22.6 Å². The number of nitro benzene ring substituents is 1. The Bertz CT molecular complexity index is 1200. The third-order valence-corrected chi connectivity index (χ3v) is 5.61. The molecule has 2 aliphatic rings. The normalized spacial score (nSPS) is 18.7. The number of carbonyl (C=O) groups excluding carboxylic acids is 3. The highest BCUT2D eigenvalue weighted by Crippen LogP contribution is 2.35. The minimum atomic E-state index is -0.868. The fraction of sp³-hybridized carbons (Fsp3) is 0. The first kappa shape index (κ1) is 19.7. The first-order valence-corrected chi connectivity index (χ1v) is 9.67. The number of amides is 1. The molecule has 1 fully saturated rings. The fourth-order valence-corrected chi connectivity index (χ4v) is 4.02. The Hall–Kier alpha value is -3.63. The first-order chi connectivity index (χ1) is 14.3. The number of nitro groups is 1. The summed E-state index contributed by atoms with van der Waals surface area (Å²) in [4.78, 5) is 49.2. The van der Waals surface area contributed by atoms with Gasteiger partial charge in [-0.3, -0.25) is 24.6 Å². The Balaban J connectivity index is 1.62. The molecule has 8 nitrogen and oxygen atoms in total. The van der Waals surface area contributed by atoms with Crippen molar-refractivity contribution < 1.29 is 24.0 Å². The van der Waals surface area contributed by atoms with E-state index in [1.165, 1.54) is 42.5 Å². The smallest absolute Gasteiger partial charge is 0.349 e. The lowest BCUT2D eigenvalue weighted by Crippen LogP contribution is -2.30. The van der Waals surface area contributed by atoms with Crippen LogP contribution < -0.4 is 4.74 Å². The zero-order valence-electron chi connectivity index (χ0n) is 14.9. The van der Waals surface area contributed by atoms with Gasteiger partial charge in [0.15, 0.2) is 4.32 Å². The molecule has 2 aromatic rings. The molecule has 1 amide bonds. The van der Waals surface area contributed by atoms with Crippen LogP contribution in [-0.2, 0) is 9.59 Å². The molecule has 10 heteroatoms. The van der Waals surface area contributed by atoms with Crippen molar-refractivity contribution in [2.75, 3.05) is 0 Å². The van der Waals surface area contributed by atoms with Crippen LogP contribution in [0.25, 0.3) is 6.08 Å². The van der Waals surface area contributed by atoms with Crippen molar-refractivity contribution in [1.82, 2.24) is 4.90 Å². The largest absolute Gasteiger partial charge is 0.422 e. The summed E-state index contributed by atoms with van der Waals surface area (Å²) in [6.45, 7) is 0. The van der Waals surface area contributed by atoms with Crippen LogP contribution in [0.15, 0.2) is 65.2 Å². The zero-order valence-corrected chi connectivity index (χ0v) is 16.6. The molecule has 0 atom stereocenters. The number of benzene rings is 2. The van der Waals surface area contributed by atoms with Gasteiger partial charge in [-0.2, -0.15) is 0 Å². The monoisotopic (exact) mass is 438 g/mol. The maximum atomic E-state index is 12.8. The number of nitrogens with zero attached hydrogens (tertiary/aromatic N) is 2. The van der Waals surface area contributed by atoms with Crippen LogP contribution in [0, 0.1) is 10.1 Å². The number of rotatable bonds is 3. The van der Waals surface area contributed by atoms with Crippen molar-refractivity contribution in [3.05, 3.63) is 86.5 Å². The molecule has 2 heterocycles. The molecule has 30 heavy (non-hydrogen) atoms. The summed E-state index contributed by atoms with van der Waals surface area (Å²) in [5.41, 5.74) is 0.409. The van der Waals surface area contributed by atoms with Gasteiger partial charge in [0.05, 0.1) is 15.4 Å². The molecule has 0 radical (unpaired) electrons. The van der Waals surface area contributed by atoms with Crippen molar-refractivity contribution in [2.24, 2.45) is 0 Å². The van der Waals surface area contributed by atoms with Gasteiger partial charge in [-0.15, -0.1) is 0 Å². The molecule has 0 aliphatic carbocycles. The van der Waals surface area contributed by atoms with Crippen molar-refractivity contribution in [1.29, 1.82) is 0 Å². The summed E-state index contributed by atoms with van der Waals surface area (Å²) in [6.07, 6.45) is 2.62. The zero-order chi connectivity index (χ0) is 21.4. The number of thioether (sulfide) groups is 1. The average Bonchev–Trinajstić information content (AvgIpc) is 2.98. The van der Waals surface area contributed by atoms with E-state index in [0.29, 0.717) is 5.56 Å². The highest BCUT2D eigenvalue weighted by Gasteiger charge is 2.36. The van der Waals surface area contributed by atoms with E-state index in [1.807, 2.05) is 0 Å². The molecule has 0 unspecified atom stereocenters. The molecule has 0 aromatic heterocycles. The Labute approximate surface area is 179 Å². The minimum absolute atomic E-state index is 0.0703. The summed E-state index contributed by atoms with van der Waals surface area (Å²) in [6, 6.07) is 12.0. The van der Waals surface area contributed by atoms with Gasteiger partial charge in [-0.1, -0.05) is 36.1 Å². The van der Waals surface area contributed by atoms with Crippen LogP contribution in [0.3, 0.4) is 0 Å². The van der Waals surface area contributed by atoms with Crippen molar-refractivity contribution >= 4 is 57.7 Å². The van der Waals surface area contributed by atoms with Gasteiger partial charge in [-0.25, -0.2) is 4.79 Å². The Morgan fingerprint density at radius 1 is 1.07 bits per heavy atom. The van der Waals surface area contributed by atoms with Crippen LogP contribution in [0.1, 0.15) is 15.9 Å². The Morgan fingerprint density at radius 3 is 2.47 bits per heavy atom. The number of ether oxygens (including phenoxy) is 1. The van der Waals surface area contributed by atoms with Crippen LogP contribution in [0.4, 0.5) is 5.69 Å². The van der Waals surface area contributed by atoms with Gasteiger partial charge in [0, 0.05) is 18.3 Å². The van der Waals surface area contributed by atoms with E-state index in [9.17, 15) is 24.5 Å². The third kappa shape index (κ3) is 3.53. The molecular weight excluding hydrogens is 428 g/mol. The quantitative estimate of drug-likeness (QED) is 0.136. The van der Waals surface area contributed by atoms with Crippen LogP contribution in [0.2, 0.25) is 0 Å². The van der Waals surface area contributed by atoms with Crippen LogP contribution in [0.5, 0.6) is 5.75 Å². The number of hydrogen-bond donors (Lipinski definition) is 0. The van der Waals surface area contributed by atoms with Crippen molar-refractivity contribution in [3.63, 3.8) is 0 Å². The molecule has 1 saturated heterocycles. The van der Waals surface area contributed by atoms with Gasteiger partial charge < -0.3 is 4.74 Å². The van der Waals surface area contributed by atoms with Gasteiger partial charge in [0.1, 0.15) is 11.3 Å². The summed E-state index contributed by atoms with van der Waals surface area (Å²) in [5.74, 6) is -1.79. The standard InChI is InChI=1S/C20H10N2O6S2/c23-17-13-3-1-2-4-15(13)28-19(25)14(17)10-21-18(24)16(30-20(21)29)9-11-5-7-12(8-6-11)22(26)27/h1-10H/b14-10-,16-9+. The lowest BCUT2D eigenvalue weighted by Gasteiger charge is -2.18. The number of ketones is 1. The lowest BCUT2D eigenvalue weighted by molar-refractivity contribution is -0.384. The molecule has 4 rings (SSSR count). The summed E-state index contributed by atoms with van der Waals surface area (Å²) >= 11 is 6.21. The summed E-state index contributed by atoms with van der Waals surface area (Å²) < 4.78 is 5.30. The molecule has 2 aliphatic heterocycles. The number of carbonyl (C=O) groups is 3. The van der Waals surface area contributed by atoms with Gasteiger partial charge in [0.25, 0.3) is 11.6 Å². The van der Waals surface area contributed by atoms with Crippen LogP contribution >= 0.6 is 24.0 Å². The average molecular weight is 438 g/mol. The molecule has 0 saturated carbocycles. The van der Waals surface area contributed by atoms with E-state index in [-0.39, 0.29) is 31.8 Å². The number of non-ortho nitro benzene ring substituents is 1. The second-order valence-electron chi connectivity index (χ2n) is 6.16. The fourth-order valence-electron chi connectivity index (χ4n) is 2.81. The molecule has 148 valence electrons. The molecule has 0 N–H and O–H groups in total. The van der Waals surface area contributed by atoms with E-state index in [1.54, 1.807) is 12.1 Å². The predicted molar refractivity (Wildman–Crippen MR) is 113 cm³/mol. The highest BCUT2D eigenvalue weighted by atomic mass is 32.2. The first-order valence-electron chi connectivity index (χ1n) is 8.44. The summed E-state index contributed by atoms with van der Waals surface area (Å²) in [5, 5.41) is 10.8. The molecular formula is C20H10N2O6S2. The van der Waals surface area contributed by atoms with Crippen LogP contribution in [-0.4, -0.2) is 31.8 Å². The topological polar surface area (TPSA) is 107 Å². The van der Waals surface area contributed by atoms with Crippen molar-refractivity contribution in [3.8, 4) is 5.75 Å². The maximum absolute atomic E-state index is 12.8. The highest BCUT2D eigenvalue weighted by molar-refractivity contribution is 8.26. The number of para-hydroxylation sites is 1. The Kier molecular flexibility index (Phi) is 5.02. The number of thiocarbonyl (C=S) groups is 1. The van der Waals surface area contributed by atoms with E-state index in [0.717, 1.165) is 22.9 Å². The minimum Gasteiger partial charge on any atom is -0.422 e. The number of Topliss-reactive ketones (excluding diaryl/α,β-unsaturated/α-hetero) is 1. The maximum Gasteiger partial charge on any atom is 0.349 e. The predicted octanol–water partition coefficient (Wildman–Crippen LogP) is 3.48.